The number of benzene rings is 1. The van der Waals surface area contributed by atoms with Crippen molar-refractivity contribution in [2.75, 3.05) is 11.4 Å². The van der Waals surface area contributed by atoms with Crippen molar-refractivity contribution in [1.29, 1.82) is 0 Å². The fraction of sp³-hybridized carbons (Fsp3) is 0.429. The molecule has 1 rings (SSSR count). The van der Waals surface area contributed by atoms with Gasteiger partial charge in [0.05, 0.1) is 0 Å². The highest BCUT2D eigenvalue weighted by atomic mass is 16.4. The number of aryl methyl sites for hydroxylation is 1. The van der Waals surface area contributed by atoms with Crippen molar-refractivity contribution in [3.05, 3.63) is 29.8 Å². The molecule has 0 fully saturated rings. The van der Waals surface area contributed by atoms with Gasteiger partial charge in [-0.05, 0) is 19.1 Å². The van der Waals surface area contributed by atoms with E-state index in [1.54, 1.807) is 32.9 Å². The maximum atomic E-state index is 12.2. The van der Waals surface area contributed by atoms with Crippen LogP contribution in [0.5, 0.6) is 0 Å². The first-order valence-corrected chi connectivity index (χ1v) is 5.82. The number of hydrogen-bond donors (Lipinski definition) is 1. The molecule has 0 heterocycles. The van der Waals surface area contributed by atoms with E-state index in [1.165, 1.54) is 4.90 Å². The Balaban J connectivity index is 3.09. The fourth-order valence-corrected chi connectivity index (χ4v) is 1.55. The smallest absolute Gasteiger partial charge is 0.323 e. The first kappa shape index (κ1) is 14.2. The van der Waals surface area contributed by atoms with Crippen LogP contribution in [0.1, 0.15) is 26.3 Å². The molecule has 0 aliphatic rings. The van der Waals surface area contributed by atoms with E-state index in [2.05, 4.69) is 0 Å². The monoisotopic (exact) mass is 249 g/mol. The van der Waals surface area contributed by atoms with Gasteiger partial charge in [0.2, 0.25) is 5.91 Å². The zero-order valence-electron chi connectivity index (χ0n) is 11.2. The van der Waals surface area contributed by atoms with E-state index in [1.807, 2.05) is 19.1 Å². The lowest BCUT2D eigenvalue weighted by atomic mass is 9.94. The van der Waals surface area contributed by atoms with E-state index in [4.69, 9.17) is 5.11 Å². The van der Waals surface area contributed by atoms with Gasteiger partial charge in [0.25, 0.3) is 0 Å². The Bertz CT molecular complexity index is 443. The van der Waals surface area contributed by atoms with Crippen LogP contribution in [0.2, 0.25) is 0 Å². The van der Waals surface area contributed by atoms with Crippen LogP contribution in [-0.4, -0.2) is 23.5 Å². The SMILES string of the molecule is Cc1ccc(N(CC(=O)O)C(=O)C(C)(C)C)cc1. The van der Waals surface area contributed by atoms with Gasteiger partial charge in [0.15, 0.2) is 0 Å². The summed E-state index contributed by atoms with van der Waals surface area (Å²) in [5, 5.41) is 8.92. The Labute approximate surface area is 107 Å². The lowest BCUT2D eigenvalue weighted by Crippen LogP contribution is -2.42. The third-order valence-electron chi connectivity index (χ3n) is 2.53. The van der Waals surface area contributed by atoms with Crippen molar-refractivity contribution in [2.45, 2.75) is 27.7 Å². The highest BCUT2D eigenvalue weighted by Gasteiger charge is 2.29. The molecular formula is C14H19NO3. The number of hydrogen-bond acceptors (Lipinski definition) is 2. The van der Waals surface area contributed by atoms with Crippen LogP contribution in [0.4, 0.5) is 5.69 Å². The molecule has 0 aromatic heterocycles. The largest absolute Gasteiger partial charge is 0.480 e. The predicted octanol–water partition coefficient (Wildman–Crippen LogP) is 2.46. The minimum absolute atomic E-state index is 0.200. The maximum Gasteiger partial charge on any atom is 0.323 e. The average Bonchev–Trinajstić information content (AvgIpc) is 2.25. The number of carbonyl (C=O) groups is 2. The molecule has 0 atom stereocenters. The molecule has 1 N–H and O–H groups in total. The lowest BCUT2D eigenvalue weighted by Gasteiger charge is -2.28. The molecule has 18 heavy (non-hydrogen) atoms. The van der Waals surface area contributed by atoms with Gasteiger partial charge in [0.1, 0.15) is 6.54 Å². The Hall–Kier alpha value is -1.84. The molecule has 0 unspecified atom stereocenters. The van der Waals surface area contributed by atoms with E-state index in [0.29, 0.717) is 5.69 Å². The molecule has 0 bridgehead atoms. The summed E-state index contributed by atoms with van der Waals surface area (Å²) >= 11 is 0. The van der Waals surface area contributed by atoms with Crippen molar-refractivity contribution in [2.24, 2.45) is 5.41 Å². The zero-order chi connectivity index (χ0) is 13.9. The predicted molar refractivity (Wildman–Crippen MR) is 70.6 cm³/mol. The first-order valence-electron chi connectivity index (χ1n) is 5.82. The Morgan fingerprint density at radius 1 is 1.17 bits per heavy atom. The first-order chi connectivity index (χ1) is 8.21. The van der Waals surface area contributed by atoms with E-state index in [-0.39, 0.29) is 12.5 Å². The molecule has 98 valence electrons. The Morgan fingerprint density at radius 3 is 2.06 bits per heavy atom. The fourth-order valence-electron chi connectivity index (χ4n) is 1.55. The number of carboxylic acids is 1. The molecule has 1 aromatic carbocycles. The normalized spacial score (nSPS) is 11.1. The molecule has 0 aliphatic heterocycles. The second kappa shape index (κ2) is 5.21. The number of amides is 1. The third-order valence-corrected chi connectivity index (χ3v) is 2.53. The van der Waals surface area contributed by atoms with Crippen LogP contribution in [-0.2, 0) is 9.59 Å². The lowest BCUT2D eigenvalue weighted by molar-refractivity contribution is -0.137. The molecule has 4 nitrogen and oxygen atoms in total. The number of nitrogens with zero attached hydrogens (tertiary/aromatic N) is 1. The number of anilines is 1. The highest BCUT2D eigenvalue weighted by Crippen LogP contribution is 2.23. The molecule has 1 aromatic rings. The number of rotatable bonds is 3. The van der Waals surface area contributed by atoms with Gasteiger partial charge in [-0.15, -0.1) is 0 Å². The van der Waals surface area contributed by atoms with Crippen molar-refractivity contribution >= 4 is 17.6 Å². The standard InChI is InChI=1S/C14H19NO3/c1-10-5-7-11(8-6-10)15(9-12(16)17)13(18)14(2,3)4/h5-8H,9H2,1-4H3,(H,16,17). The van der Waals surface area contributed by atoms with Crippen LogP contribution in [0.25, 0.3) is 0 Å². The van der Waals surface area contributed by atoms with Crippen molar-refractivity contribution in [1.82, 2.24) is 0 Å². The Kier molecular flexibility index (Phi) is 4.11. The third kappa shape index (κ3) is 3.58. The number of carboxylic acid groups (broad SMARTS) is 1. The van der Waals surface area contributed by atoms with Gasteiger partial charge < -0.3 is 10.0 Å². The van der Waals surface area contributed by atoms with Gasteiger partial charge in [-0.25, -0.2) is 0 Å². The van der Waals surface area contributed by atoms with E-state index in [0.717, 1.165) is 5.56 Å². The van der Waals surface area contributed by atoms with Gasteiger partial charge in [-0.2, -0.15) is 0 Å². The average molecular weight is 249 g/mol. The van der Waals surface area contributed by atoms with Gasteiger partial charge in [-0.1, -0.05) is 38.5 Å². The summed E-state index contributed by atoms with van der Waals surface area (Å²) in [5.41, 5.74) is 1.07. The van der Waals surface area contributed by atoms with Crippen molar-refractivity contribution in [3.8, 4) is 0 Å². The van der Waals surface area contributed by atoms with Crippen LogP contribution in [0, 0.1) is 12.3 Å². The summed E-state index contributed by atoms with van der Waals surface area (Å²) in [6.07, 6.45) is 0. The second-order valence-electron chi connectivity index (χ2n) is 5.37. The van der Waals surface area contributed by atoms with E-state index < -0.39 is 11.4 Å². The highest BCUT2D eigenvalue weighted by molar-refractivity contribution is 6.00. The minimum Gasteiger partial charge on any atom is -0.480 e. The van der Waals surface area contributed by atoms with Gasteiger partial charge in [-0.3, -0.25) is 9.59 Å². The van der Waals surface area contributed by atoms with Gasteiger partial charge >= 0.3 is 5.97 Å². The number of carbonyl (C=O) groups excluding carboxylic acids is 1. The van der Waals surface area contributed by atoms with Crippen LogP contribution in [0.3, 0.4) is 0 Å². The van der Waals surface area contributed by atoms with Crippen molar-refractivity contribution < 1.29 is 14.7 Å². The molecular weight excluding hydrogens is 230 g/mol. The summed E-state index contributed by atoms with van der Waals surface area (Å²) in [7, 11) is 0. The van der Waals surface area contributed by atoms with E-state index >= 15 is 0 Å². The number of aliphatic carboxylic acids is 1. The van der Waals surface area contributed by atoms with Gasteiger partial charge in [0, 0.05) is 11.1 Å². The molecule has 0 spiro atoms. The second-order valence-corrected chi connectivity index (χ2v) is 5.37. The molecule has 0 saturated carbocycles. The van der Waals surface area contributed by atoms with Crippen LogP contribution < -0.4 is 4.90 Å². The summed E-state index contributed by atoms with van der Waals surface area (Å²) in [5.74, 6) is -1.22. The quantitative estimate of drug-likeness (QED) is 0.895. The topological polar surface area (TPSA) is 57.6 Å². The molecule has 1 amide bonds. The molecule has 0 saturated heterocycles. The zero-order valence-corrected chi connectivity index (χ0v) is 11.2. The van der Waals surface area contributed by atoms with Crippen LogP contribution in [0.15, 0.2) is 24.3 Å². The minimum atomic E-state index is -1.02. The summed E-state index contributed by atoms with van der Waals surface area (Å²) in [6, 6.07) is 7.25. The maximum absolute atomic E-state index is 12.2. The van der Waals surface area contributed by atoms with Crippen molar-refractivity contribution in [3.63, 3.8) is 0 Å². The molecule has 0 radical (unpaired) electrons. The molecule has 4 heteroatoms. The summed E-state index contributed by atoms with van der Waals surface area (Å²) in [4.78, 5) is 24.4. The Morgan fingerprint density at radius 2 is 1.67 bits per heavy atom. The van der Waals surface area contributed by atoms with Crippen LogP contribution >= 0.6 is 0 Å². The summed E-state index contributed by atoms with van der Waals surface area (Å²) in [6.45, 7) is 6.95. The summed E-state index contributed by atoms with van der Waals surface area (Å²) < 4.78 is 0. The van der Waals surface area contributed by atoms with E-state index in [9.17, 15) is 9.59 Å². The molecule has 0 aliphatic carbocycles.